The second-order valence-electron chi connectivity index (χ2n) is 9.79. The Bertz CT molecular complexity index is 602. The predicted octanol–water partition coefficient (Wildman–Crippen LogP) is 2.67. The SMILES string of the molecule is C#CC1(O)C(F)C[C@H]2[C@@H]3C(O)CC4CC(O)CC[C@]4(C)[C@@H]3CC[C@@]21C. The minimum absolute atomic E-state index is 0.00383. The number of rotatable bonds is 0. The van der Waals surface area contributed by atoms with Gasteiger partial charge in [-0.1, -0.05) is 19.8 Å². The van der Waals surface area contributed by atoms with E-state index < -0.39 is 23.3 Å². The van der Waals surface area contributed by atoms with Gasteiger partial charge in [0.2, 0.25) is 0 Å². The van der Waals surface area contributed by atoms with Crippen LogP contribution in [0.3, 0.4) is 0 Å². The van der Waals surface area contributed by atoms with Crippen LogP contribution in [0.25, 0.3) is 0 Å². The van der Waals surface area contributed by atoms with Gasteiger partial charge < -0.3 is 15.3 Å². The second-order valence-corrected chi connectivity index (χ2v) is 9.79. The first-order chi connectivity index (χ1) is 11.7. The molecular formula is C21H31FO3. The molecule has 0 aromatic heterocycles. The van der Waals surface area contributed by atoms with E-state index in [1.165, 1.54) is 0 Å². The third-order valence-electron chi connectivity index (χ3n) is 9.05. The van der Waals surface area contributed by atoms with Crippen LogP contribution in [0, 0.1) is 46.8 Å². The molecule has 4 rings (SSSR count). The third kappa shape index (κ3) is 2.10. The molecule has 25 heavy (non-hydrogen) atoms. The Morgan fingerprint density at radius 2 is 1.76 bits per heavy atom. The van der Waals surface area contributed by atoms with Crippen molar-refractivity contribution in [1.82, 2.24) is 0 Å². The first-order valence-electron chi connectivity index (χ1n) is 9.87. The van der Waals surface area contributed by atoms with Gasteiger partial charge in [0, 0.05) is 5.41 Å². The number of hydrogen-bond donors (Lipinski definition) is 3. The first-order valence-corrected chi connectivity index (χ1v) is 9.87. The molecule has 0 heterocycles. The third-order valence-corrected chi connectivity index (χ3v) is 9.05. The molecule has 10 atom stereocenters. The minimum atomic E-state index is -1.72. The maximum atomic E-state index is 14.8. The summed E-state index contributed by atoms with van der Waals surface area (Å²) in [7, 11) is 0. The fourth-order valence-electron chi connectivity index (χ4n) is 7.44. The second kappa shape index (κ2) is 5.44. The van der Waals surface area contributed by atoms with Gasteiger partial charge in [0.15, 0.2) is 5.60 Å². The lowest BCUT2D eigenvalue weighted by Crippen LogP contribution is -2.60. The molecule has 0 bridgehead atoms. The van der Waals surface area contributed by atoms with Crippen LogP contribution in [0.1, 0.15) is 58.8 Å². The standard InChI is InChI=1S/C21H31FO3/c1-4-21(25)17(22)11-15-18-14(6-8-20(15,21)3)19(2)7-5-13(23)9-12(19)10-16(18)24/h1,12-18,23-25H,5-11H2,2-3H3/t12?,13?,14-,15+,16?,17?,18-,19+,20+,21?/m1/s1. The van der Waals surface area contributed by atoms with Crippen molar-refractivity contribution in [2.75, 3.05) is 0 Å². The minimum Gasteiger partial charge on any atom is -0.393 e. The van der Waals surface area contributed by atoms with Crippen molar-refractivity contribution >= 4 is 0 Å². The summed E-state index contributed by atoms with van der Waals surface area (Å²) in [5.41, 5.74) is -2.29. The maximum Gasteiger partial charge on any atom is 0.161 e. The van der Waals surface area contributed by atoms with Crippen molar-refractivity contribution in [3.8, 4) is 12.3 Å². The van der Waals surface area contributed by atoms with Crippen molar-refractivity contribution in [2.45, 2.75) is 82.8 Å². The molecule has 0 aromatic carbocycles. The molecule has 5 unspecified atom stereocenters. The van der Waals surface area contributed by atoms with Crippen molar-refractivity contribution in [3.63, 3.8) is 0 Å². The zero-order valence-electron chi connectivity index (χ0n) is 15.3. The fourth-order valence-corrected chi connectivity index (χ4v) is 7.44. The molecule has 4 fully saturated rings. The molecule has 3 N–H and O–H groups in total. The molecule has 0 spiro atoms. The molecule has 0 aromatic rings. The van der Waals surface area contributed by atoms with Gasteiger partial charge in [-0.3, -0.25) is 0 Å². The van der Waals surface area contributed by atoms with Crippen molar-refractivity contribution in [1.29, 1.82) is 0 Å². The molecule has 4 aliphatic carbocycles. The molecule has 0 saturated heterocycles. The summed E-state index contributed by atoms with van der Waals surface area (Å²) >= 11 is 0. The van der Waals surface area contributed by atoms with E-state index in [9.17, 15) is 19.7 Å². The van der Waals surface area contributed by atoms with Crippen LogP contribution in [0.4, 0.5) is 4.39 Å². The smallest absolute Gasteiger partial charge is 0.161 e. The van der Waals surface area contributed by atoms with Crippen LogP contribution in [0.5, 0.6) is 0 Å². The van der Waals surface area contributed by atoms with E-state index in [2.05, 4.69) is 12.8 Å². The predicted molar refractivity (Wildman–Crippen MR) is 93.2 cm³/mol. The Kier molecular flexibility index (Phi) is 3.87. The molecule has 4 aliphatic rings. The normalized spacial score (nSPS) is 60.9. The molecule has 3 nitrogen and oxygen atoms in total. The van der Waals surface area contributed by atoms with Crippen LogP contribution in [-0.2, 0) is 0 Å². The average Bonchev–Trinajstić information content (AvgIpc) is 2.77. The Morgan fingerprint density at radius 1 is 1.04 bits per heavy atom. The largest absolute Gasteiger partial charge is 0.393 e. The van der Waals surface area contributed by atoms with E-state index in [1.807, 2.05) is 6.92 Å². The molecule has 4 heteroatoms. The van der Waals surface area contributed by atoms with Crippen LogP contribution in [-0.4, -0.2) is 39.3 Å². The molecular weight excluding hydrogens is 319 g/mol. The van der Waals surface area contributed by atoms with Crippen LogP contribution >= 0.6 is 0 Å². The average molecular weight is 350 g/mol. The lowest BCUT2D eigenvalue weighted by molar-refractivity contribution is -0.185. The molecule has 0 aliphatic heterocycles. The lowest BCUT2D eigenvalue weighted by atomic mass is 9.43. The quantitative estimate of drug-likeness (QED) is 0.589. The van der Waals surface area contributed by atoms with Crippen molar-refractivity contribution < 1.29 is 19.7 Å². The van der Waals surface area contributed by atoms with Gasteiger partial charge in [0.05, 0.1) is 12.2 Å². The van der Waals surface area contributed by atoms with Crippen molar-refractivity contribution in [2.24, 2.45) is 34.5 Å². The highest BCUT2D eigenvalue weighted by molar-refractivity contribution is 5.27. The van der Waals surface area contributed by atoms with Crippen molar-refractivity contribution in [3.05, 3.63) is 0 Å². The Morgan fingerprint density at radius 3 is 2.44 bits per heavy atom. The maximum absolute atomic E-state index is 14.8. The monoisotopic (exact) mass is 350 g/mol. The van der Waals surface area contributed by atoms with E-state index in [0.717, 1.165) is 25.7 Å². The van der Waals surface area contributed by atoms with E-state index in [4.69, 9.17) is 6.42 Å². The Balaban J connectivity index is 1.72. The molecule has 4 saturated carbocycles. The zero-order valence-corrected chi connectivity index (χ0v) is 15.3. The number of fused-ring (bicyclic) bond motifs is 5. The molecule has 0 radical (unpaired) electrons. The number of terminal acetylenes is 1. The number of halogens is 1. The number of hydrogen-bond acceptors (Lipinski definition) is 3. The summed E-state index contributed by atoms with van der Waals surface area (Å²) in [6.07, 6.45) is 8.44. The van der Waals surface area contributed by atoms with E-state index >= 15 is 0 Å². The first kappa shape index (κ1) is 17.8. The number of aliphatic hydroxyl groups excluding tert-OH is 2. The van der Waals surface area contributed by atoms with E-state index in [0.29, 0.717) is 24.7 Å². The van der Waals surface area contributed by atoms with Gasteiger partial charge in [-0.15, -0.1) is 6.42 Å². The summed E-state index contributed by atoms with van der Waals surface area (Å²) in [5.74, 6) is 2.94. The van der Waals surface area contributed by atoms with Crippen LogP contribution < -0.4 is 0 Å². The molecule has 140 valence electrons. The topological polar surface area (TPSA) is 60.7 Å². The van der Waals surface area contributed by atoms with E-state index in [-0.39, 0.29) is 29.8 Å². The van der Waals surface area contributed by atoms with Gasteiger partial charge in [-0.2, -0.15) is 0 Å². The van der Waals surface area contributed by atoms with Gasteiger partial charge in [0.25, 0.3) is 0 Å². The van der Waals surface area contributed by atoms with Crippen LogP contribution in [0.2, 0.25) is 0 Å². The summed E-state index contributed by atoms with van der Waals surface area (Å²) < 4.78 is 14.8. The van der Waals surface area contributed by atoms with Gasteiger partial charge >= 0.3 is 0 Å². The van der Waals surface area contributed by atoms with Crippen LogP contribution in [0.15, 0.2) is 0 Å². The summed E-state index contributed by atoms with van der Waals surface area (Å²) in [4.78, 5) is 0. The summed E-state index contributed by atoms with van der Waals surface area (Å²) in [6, 6.07) is 0. The molecule has 0 amide bonds. The van der Waals surface area contributed by atoms with Gasteiger partial charge in [-0.05, 0) is 74.0 Å². The number of aliphatic hydroxyl groups is 3. The highest BCUT2D eigenvalue weighted by Crippen LogP contribution is 2.68. The Labute approximate surface area is 150 Å². The summed E-state index contributed by atoms with van der Waals surface area (Å²) in [6.45, 7) is 4.24. The Hall–Kier alpha value is -0.630. The van der Waals surface area contributed by atoms with Gasteiger partial charge in [-0.25, -0.2) is 4.39 Å². The fraction of sp³-hybridized carbons (Fsp3) is 0.905. The highest BCUT2D eigenvalue weighted by atomic mass is 19.1. The van der Waals surface area contributed by atoms with E-state index in [1.54, 1.807) is 0 Å². The summed E-state index contributed by atoms with van der Waals surface area (Å²) in [5, 5.41) is 32.0. The lowest BCUT2D eigenvalue weighted by Gasteiger charge is -2.62. The van der Waals surface area contributed by atoms with Gasteiger partial charge in [0.1, 0.15) is 6.17 Å². The highest BCUT2D eigenvalue weighted by Gasteiger charge is 2.69. The zero-order chi connectivity index (χ0) is 18.2. The number of alkyl halides is 1.